The molecule has 7 nitrogen and oxygen atoms in total. The van der Waals surface area contributed by atoms with Gasteiger partial charge in [-0.3, -0.25) is 4.84 Å². The largest absolute Gasteiger partial charge is 0.388 e. The van der Waals surface area contributed by atoms with E-state index in [0.29, 0.717) is 35.3 Å². The molecule has 0 unspecified atom stereocenters. The Morgan fingerprint density at radius 2 is 1.90 bits per heavy atom. The van der Waals surface area contributed by atoms with Crippen molar-refractivity contribution >= 4 is 0 Å². The van der Waals surface area contributed by atoms with E-state index in [9.17, 15) is 10.2 Å². The van der Waals surface area contributed by atoms with Crippen LogP contribution >= 0.6 is 0 Å². The van der Waals surface area contributed by atoms with Gasteiger partial charge in [0.05, 0.1) is 25.4 Å². The molecule has 39 heavy (non-hydrogen) atoms. The SMILES string of the molecule is CON([C@H]1CC[C@@]2(C)[C@H](CC[C@H]3[C@@H]4CC[C@]5(O[C@@H]6C[C@H](C)CN[C@H]6[C@H]5C)C(C)=C4C[C@@H]32)C1)[C@@H]1OC[C@@H](O)[C@@H]1O. The summed E-state index contributed by atoms with van der Waals surface area (Å²) in [6.07, 6.45) is 8.92. The fourth-order valence-electron chi connectivity index (χ4n) is 11.2. The van der Waals surface area contributed by atoms with Gasteiger partial charge in [0, 0.05) is 18.0 Å². The molecule has 0 aromatic carbocycles. The Balaban J connectivity index is 1.11. The van der Waals surface area contributed by atoms with Gasteiger partial charge in [-0.2, -0.15) is 5.06 Å². The highest BCUT2D eigenvalue weighted by molar-refractivity contribution is 5.36. The first-order valence-electron chi connectivity index (χ1n) is 16.1. The van der Waals surface area contributed by atoms with Gasteiger partial charge in [0.15, 0.2) is 6.23 Å². The lowest BCUT2D eigenvalue weighted by Crippen LogP contribution is -2.54. The molecular formula is C32H52N2O5. The number of aliphatic hydroxyl groups excluding tert-OH is 2. The number of fused-ring (bicyclic) bond motifs is 6. The molecule has 0 aromatic rings. The maximum atomic E-state index is 10.5. The number of ether oxygens (including phenoxy) is 2. The third-order valence-corrected chi connectivity index (χ3v) is 13.4. The van der Waals surface area contributed by atoms with Crippen LogP contribution in [-0.4, -0.2) is 77.8 Å². The molecule has 6 fully saturated rings. The van der Waals surface area contributed by atoms with Crippen molar-refractivity contribution in [1.82, 2.24) is 10.4 Å². The predicted octanol–water partition coefficient (Wildman–Crippen LogP) is 4.03. The van der Waals surface area contributed by atoms with Crippen LogP contribution in [0.4, 0.5) is 0 Å². The Hall–Kier alpha value is -0.540. The van der Waals surface area contributed by atoms with Gasteiger partial charge in [-0.1, -0.05) is 26.3 Å². The number of hydroxylamine groups is 2. The Morgan fingerprint density at radius 1 is 1.08 bits per heavy atom. The van der Waals surface area contributed by atoms with Gasteiger partial charge in [0.25, 0.3) is 0 Å². The highest BCUT2D eigenvalue weighted by atomic mass is 16.7. The Morgan fingerprint density at radius 3 is 2.64 bits per heavy atom. The van der Waals surface area contributed by atoms with E-state index in [1.54, 1.807) is 18.3 Å². The molecule has 0 bridgehead atoms. The zero-order valence-corrected chi connectivity index (χ0v) is 24.8. The maximum Gasteiger partial charge on any atom is 0.161 e. The van der Waals surface area contributed by atoms with E-state index >= 15 is 0 Å². The van der Waals surface area contributed by atoms with E-state index in [2.05, 4.69) is 33.0 Å². The molecule has 0 amide bonds. The Bertz CT molecular complexity index is 990. The summed E-state index contributed by atoms with van der Waals surface area (Å²) in [6, 6.07) is 0.717. The lowest BCUT2D eigenvalue weighted by molar-refractivity contribution is -0.275. The second-order valence-electron chi connectivity index (χ2n) is 14.9. The summed E-state index contributed by atoms with van der Waals surface area (Å²) in [4.78, 5) is 5.80. The van der Waals surface area contributed by atoms with Gasteiger partial charge < -0.3 is 25.0 Å². The summed E-state index contributed by atoms with van der Waals surface area (Å²) < 4.78 is 12.9. The fourth-order valence-corrected chi connectivity index (χ4v) is 11.2. The number of hydrogen-bond acceptors (Lipinski definition) is 7. The third kappa shape index (κ3) is 3.93. The average Bonchev–Trinajstić information content (AvgIpc) is 3.55. The van der Waals surface area contributed by atoms with Crippen LogP contribution in [0.5, 0.6) is 0 Å². The Labute approximate surface area is 235 Å². The molecule has 0 radical (unpaired) electrons. The molecule has 3 N–H and O–H groups in total. The van der Waals surface area contributed by atoms with Crippen LogP contribution in [-0.2, 0) is 14.3 Å². The second-order valence-corrected chi connectivity index (χ2v) is 14.9. The van der Waals surface area contributed by atoms with E-state index in [1.807, 2.05) is 5.06 Å². The first-order chi connectivity index (χ1) is 18.7. The molecule has 3 aliphatic heterocycles. The summed E-state index contributed by atoms with van der Waals surface area (Å²) >= 11 is 0. The molecule has 4 aliphatic carbocycles. The van der Waals surface area contributed by atoms with Crippen molar-refractivity contribution in [3.8, 4) is 0 Å². The summed E-state index contributed by atoms with van der Waals surface area (Å²) in [6.45, 7) is 11.2. The maximum absolute atomic E-state index is 10.5. The van der Waals surface area contributed by atoms with Crippen LogP contribution in [0.15, 0.2) is 11.1 Å². The Kier molecular flexibility index (Phi) is 6.83. The van der Waals surface area contributed by atoms with E-state index in [1.165, 1.54) is 44.9 Å². The van der Waals surface area contributed by atoms with Gasteiger partial charge in [-0.15, -0.1) is 0 Å². The van der Waals surface area contributed by atoms with Crippen LogP contribution in [0.2, 0.25) is 0 Å². The fraction of sp³-hybridized carbons (Fsp3) is 0.938. The van der Waals surface area contributed by atoms with Crippen LogP contribution in [0.25, 0.3) is 0 Å². The van der Waals surface area contributed by atoms with Crippen molar-refractivity contribution in [3.05, 3.63) is 11.1 Å². The quantitative estimate of drug-likeness (QED) is 0.366. The molecule has 3 heterocycles. The molecule has 3 saturated heterocycles. The number of nitrogens with zero attached hydrogens (tertiary/aromatic N) is 1. The minimum absolute atomic E-state index is 0.0602. The summed E-state index contributed by atoms with van der Waals surface area (Å²) in [5.41, 5.74) is 3.66. The highest BCUT2D eigenvalue weighted by Gasteiger charge is 2.62. The van der Waals surface area contributed by atoms with Gasteiger partial charge in [0.2, 0.25) is 0 Å². The molecule has 14 atom stereocenters. The minimum Gasteiger partial charge on any atom is -0.388 e. The van der Waals surface area contributed by atoms with Crippen molar-refractivity contribution < 1.29 is 24.5 Å². The van der Waals surface area contributed by atoms with E-state index in [0.717, 1.165) is 37.1 Å². The van der Waals surface area contributed by atoms with Crippen LogP contribution < -0.4 is 5.32 Å². The molecular weight excluding hydrogens is 492 g/mol. The molecule has 7 aliphatic rings. The first-order valence-corrected chi connectivity index (χ1v) is 16.1. The number of aliphatic hydroxyl groups is 2. The third-order valence-electron chi connectivity index (χ3n) is 13.4. The lowest BCUT2D eigenvalue weighted by atomic mass is 9.52. The first kappa shape index (κ1) is 27.3. The number of hydrogen-bond donors (Lipinski definition) is 3. The summed E-state index contributed by atoms with van der Waals surface area (Å²) in [5.74, 6) is 4.21. The number of allylic oxidation sites excluding steroid dienone is 1. The molecule has 3 saturated carbocycles. The molecule has 7 heteroatoms. The van der Waals surface area contributed by atoms with Gasteiger partial charge >= 0.3 is 0 Å². The highest BCUT2D eigenvalue weighted by Crippen LogP contribution is 2.66. The van der Waals surface area contributed by atoms with Crippen molar-refractivity contribution in [2.24, 2.45) is 40.9 Å². The predicted molar refractivity (Wildman–Crippen MR) is 148 cm³/mol. The molecule has 0 aromatic heterocycles. The van der Waals surface area contributed by atoms with Crippen LogP contribution in [0.1, 0.15) is 85.5 Å². The van der Waals surface area contributed by atoms with Gasteiger partial charge in [-0.05, 0) is 112 Å². The molecule has 220 valence electrons. The van der Waals surface area contributed by atoms with Crippen molar-refractivity contribution in [2.75, 3.05) is 20.3 Å². The number of rotatable bonds is 3. The normalized spacial score (nSPS) is 55.1. The van der Waals surface area contributed by atoms with Gasteiger partial charge in [0.1, 0.15) is 12.2 Å². The van der Waals surface area contributed by atoms with Crippen LogP contribution in [0, 0.1) is 40.9 Å². The van der Waals surface area contributed by atoms with E-state index in [-0.39, 0.29) is 18.2 Å². The number of nitrogens with one attached hydrogen (secondary N) is 1. The van der Waals surface area contributed by atoms with E-state index in [4.69, 9.17) is 14.3 Å². The zero-order chi connectivity index (χ0) is 27.3. The smallest absolute Gasteiger partial charge is 0.161 e. The average molecular weight is 545 g/mol. The molecule has 7 rings (SSSR count). The standard InChI is InChI=1S/C32H52N2O5/c1-17-12-27-28(33-15-17)19(3)32(39-27)11-9-22-23-7-6-20-13-21(34(37-5)30-29(36)26(35)16-38-30)8-10-31(20,4)25(23)14-24(22)18(32)2/h17,19-23,25-30,33,35-36H,6-16H2,1-5H3/t17-,19+,20+,21-,22-,23-,25-,26+,27+,28-,29-,30+,31-,32-/m0/s1. The molecule has 1 spiro atoms. The minimum atomic E-state index is -0.920. The van der Waals surface area contributed by atoms with Crippen LogP contribution in [0.3, 0.4) is 0 Å². The monoisotopic (exact) mass is 544 g/mol. The van der Waals surface area contributed by atoms with Crippen molar-refractivity contribution in [1.29, 1.82) is 0 Å². The van der Waals surface area contributed by atoms with E-state index < -0.39 is 18.4 Å². The second kappa shape index (κ2) is 9.75. The van der Waals surface area contributed by atoms with Gasteiger partial charge in [-0.25, -0.2) is 0 Å². The lowest BCUT2D eigenvalue weighted by Gasteiger charge is -2.55. The topological polar surface area (TPSA) is 83.4 Å². The summed E-state index contributed by atoms with van der Waals surface area (Å²) in [5, 5.41) is 26.3. The summed E-state index contributed by atoms with van der Waals surface area (Å²) in [7, 11) is 1.68. The number of piperidine rings is 1. The van der Waals surface area contributed by atoms with Crippen molar-refractivity contribution in [2.45, 2.75) is 128 Å². The zero-order valence-electron chi connectivity index (χ0n) is 24.8. The van der Waals surface area contributed by atoms with Crippen molar-refractivity contribution in [3.63, 3.8) is 0 Å².